The van der Waals surface area contributed by atoms with Crippen molar-refractivity contribution in [1.29, 1.82) is 0 Å². The molecular weight excluding hydrogens is 269 g/mol. The molecule has 0 aliphatic rings. The van der Waals surface area contributed by atoms with Crippen molar-refractivity contribution in [1.82, 2.24) is 20.0 Å². The third-order valence-electron chi connectivity index (χ3n) is 3.03. The molecule has 21 heavy (non-hydrogen) atoms. The van der Waals surface area contributed by atoms with Gasteiger partial charge in [0.05, 0.1) is 5.69 Å². The molecule has 3 aromatic rings. The van der Waals surface area contributed by atoms with Crippen LogP contribution in [0.2, 0.25) is 0 Å². The van der Waals surface area contributed by atoms with Gasteiger partial charge in [-0.25, -0.2) is 9.07 Å². The third-order valence-corrected chi connectivity index (χ3v) is 3.03. The SMILES string of the molecule is Cc1ccn(-c2ccc(NCc3ccccc3F)nn2)n1. The number of benzene rings is 1. The summed E-state index contributed by atoms with van der Waals surface area (Å²) in [6, 6.07) is 12.1. The fourth-order valence-corrected chi connectivity index (χ4v) is 1.91. The zero-order chi connectivity index (χ0) is 14.7. The highest BCUT2D eigenvalue weighted by Gasteiger charge is 2.03. The molecule has 0 fully saturated rings. The number of anilines is 1. The highest BCUT2D eigenvalue weighted by Crippen LogP contribution is 2.10. The fourth-order valence-electron chi connectivity index (χ4n) is 1.91. The van der Waals surface area contributed by atoms with Crippen molar-refractivity contribution in [3.05, 3.63) is 65.7 Å². The van der Waals surface area contributed by atoms with Gasteiger partial charge in [0.15, 0.2) is 5.82 Å². The minimum Gasteiger partial charge on any atom is -0.364 e. The fraction of sp³-hybridized carbons (Fsp3) is 0.133. The number of aryl methyl sites for hydroxylation is 1. The Hall–Kier alpha value is -2.76. The van der Waals surface area contributed by atoms with Gasteiger partial charge < -0.3 is 5.32 Å². The molecule has 0 aliphatic carbocycles. The van der Waals surface area contributed by atoms with E-state index in [-0.39, 0.29) is 5.82 Å². The lowest BCUT2D eigenvalue weighted by Gasteiger charge is -2.06. The van der Waals surface area contributed by atoms with Gasteiger partial charge >= 0.3 is 0 Å². The lowest BCUT2D eigenvalue weighted by molar-refractivity contribution is 0.613. The maximum absolute atomic E-state index is 13.5. The predicted molar refractivity (Wildman–Crippen MR) is 77.6 cm³/mol. The van der Waals surface area contributed by atoms with E-state index >= 15 is 0 Å². The normalized spacial score (nSPS) is 10.6. The summed E-state index contributed by atoms with van der Waals surface area (Å²) in [6.45, 7) is 2.27. The zero-order valence-corrected chi connectivity index (χ0v) is 11.5. The maximum atomic E-state index is 13.5. The van der Waals surface area contributed by atoms with Gasteiger partial charge in [-0.2, -0.15) is 5.10 Å². The van der Waals surface area contributed by atoms with Crippen LogP contribution in [-0.2, 0) is 6.54 Å². The van der Waals surface area contributed by atoms with Gasteiger partial charge in [0.2, 0.25) is 0 Å². The molecule has 0 unspecified atom stereocenters. The Morgan fingerprint density at radius 1 is 1.10 bits per heavy atom. The average Bonchev–Trinajstić information content (AvgIpc) is 2.94. The van der Waals surface area contributed by atoms with Crippen molar-refractivity contribution >= 4 is 5.82 Å². The summed E-state index contributed by atoms with van der Waals surface area (Å²) in [5.41, 5.74) is 1.50. The molecule has 0 saturated carbocycles. The molecule has 0 bridgehead atoms. The Labute approximate surface area is 121 Å². The monoisotopic (exact) mass is 283 g/mol. The smallest absolute Gasteiger partial charge is 0.175 e. The molecule has 0 amide bonds. The quantitative estimate of drug-likeness (QED) is 0.800. The van der Waals surface area contributed by atoms with Crippen LogP contribution in [-0.4, -0.2) is 20.0 Å². The minimum atomic E-state index is -0.235. The first-order chi connectivity index (χ1) is 10.2. The van der Waals surface area contributed by atoms with Gasteiger partial charge in [-0.15, -0.1) is 10.2 Å². The lowest BCUT2D eigenvalue weighted by Crippen LogP contribution is -2.06. The second-order valence-corrected chi connectivity index (χ2v) is 4.62. The van der Waals surface area contributed by atoms with Crippen LogP contribution in [0, 0.1) is 12.7 Å². The van der Waals surface area contributed by atoms with Crippen LogP contribution in [0.3, 0.4) is 0 Å². The van der Waals surface area contributed by atoms with Crippen LogP contribution >= 0.6 is 0 Å². The van der Waals surface area contributed by atoms with E-state index in [0.29, 0.717) is 23.7 Å². The van der Waals surface area contributed by atoms with Gasteiger partial charge in [0.1, 0.15) is 11.6 Å². The average molecular weight is 283 g/mol. The van der Waals surface area contributed by atoms with E-state index in [1.165, 1.54) is 6.07 Å². The molecule has 2 heterocycles. The predicted octanol–water partition coefficient (Wildman–Crippen LogP) is 2.72. The van der Waals surface area contributed by atoms with Crippen molar-refractivity contribution in [3.63, 3.8) is 0 Å². The van der Waals surface area contributed by atoms with Crippen molar-refractivity contribution < 1.29 is 4.39 Å². The molecule has 0 spiro atoms. The number of nitrogens with zero attached hydrogens (tertiary/aromatic N) is 4. The number of aromatic nitrogens is 4. The molecule has 0 aliphatic heterocycles. The number of hydrogen-bond acceptors (Lipinski definition) is 4. The molecule has 5 nitrogen and oxygen atoms in total. The summed E-state index contributed by atoms with van der Waals surface area (Å²) >= 11 is 0. The van der Waals surface area contributed by atoms with E-state index in [4.69, 9.17) is 0 Å². The van der Waals surface area contributed by atoms with Crippen LogP contribution in [0.25, 0.3) is 5.82 Å². The van der Waals surface area contributed by atoms with Crippen molar-refractivity contribution in [2.75, 3.05) is 5.32 Å². The lowest BCUT2D eigenvalue weighted by atomic mass is 10.2. The van der Waals surface area contributed by atoms with E-state index in [0.717, 1.165) is 5.69 Å². The number of halogens is 1. The van der Waals surface area contributed by atoms with E-state index < -0.39 is 0 Å². The van der Waals surface area contributed by atoms with Gasteiger partial charge in [0.25, 0.3) is 0 Å². The largest absolute Gasteiger partial charge is 0.364 e. The number of hydrogen-bond donors (Lipinski definition) is 1. The molecule has 6 heteroatoms. The van der Waals surface area contributed by atoms with E-state index in [1.54, 1.807) is 28.9 Å². The summed E-state index contributed by atoms with van der Waals surface area (Å²) in [7, 11) is 0. The molecule has 106 valence electrons. The summed E-state index contributed by atoms with van der Waals surface area (Å²) in [6.07, 6.45) is 1.83. The standard InChI is InChI=1S/C15H14FN5/c1-11-8-9-21(20-11)15-7-6-14(18-19-15)17-10-12-4-2-3-5-13(12)16/h2-9H,10H2,1H3,(H,17,18). The summed E-state index contributed by atoms with van der Waals surface area (Å²) in [5.74, 6) is 0.993. The Bertz CT molecular complexity index is 736. The number of nitrogens with one attached hydrogen (secondary N) is 1. The van der Waals surface area contributed by atoms with Crippen molar-refractivity contribution in [2.24, 2.45) is 0 Å². The van der Waals surface area contributed by atoms with Gasteiger partial charge in [-0.3, -0.25) is 0 Å². The molecule has 1 N–H and O–H groups in total. The molecule has 0 radical (unpaired) electrons. The summed E-state index contributed by atoms with van der Waals surface area (Å²) in [5, 5.41) is 15.5. The molecular formula is C15H14FN5. The second kappa shape index (κ2) is 5.70. The molecule has 1 aromatic carbocycles. The molecule has 2 aromatic heterocycles. The van der Waals surface area contributed by atoms with Crippen molar-refractivity contribution in [2.45, 2.75) is 13.5 Å². The van der Waals surface area contributed by atoms with Crippen LogP contribution in [0.1, 0.15) is 11.3 Å². The van der Waals surface area contributed by atoms with E-state index in [2.05, 4.69) is 20.6 Å². The van der Waals surface area contributed by atoms with Gasteiger partial charge in [-0.05, 0) is 31.2 Å². The second-order valence-electron chi connectivity index (χ2n) is 4.62. The van der Waals surface area contributed by atoms with Crippen molar-refractivity contribution in [3.8, 4) is 5.82 Å². The van der Waals surface area contributed by atoms with Crippen LogP contribution in [0.5, 0.6) is 0 Å². The van der Waals surface area contributed by atoms with E-state index in [1.807, 2.05) is 25.3 Å². The summed E-state index contributed by atoms with van der Waals surface area (Å²) in [4.78, 5) is 0. The Morgan fingerprint density at radius 2 is 1.95 bits per heavy atom. The highest BCUT2D eigenvalue weighted by molar-refractivity contribution is 5.37. The van der Waals surface area contributed by atoms with Crippen LogP contribution in [0.15, 0.2) is 48.7 Å². The molecule has 0 atom stereocenters. The Kier molecular flexibility index (Phi) is 3.59. The highest BCUT2D eigenvalue weighted by atomic mass is 19.1. The zero-order valence-electron chi connectivity index (χ0n) is 11.5. The third kappa shape index (κ3) is 3.05. The van der Waals surface area contributed by atoms with E-state index in [9.17, 15) is 4.39 Å². The molecule has 3 rings (SSSR count). The topological polar surface area (TPSA) is 55.6 Å². The van der Waals surface area contributed by atoms with Gasteiger partial charge in [0, 0.05) is 18.3 Å². The minimum absolute atomic E-state index is 0.235. The Morgan fingerprint density at radius 3 is 2.62 bits per heavy atom. The maximum Gasteiger partial charge on any atom is 0.175 e. The van der Waals surface area contributed by atoms with Gasteiger partial charge in [-0.1, -0.05) is 18.2 Å². The first kappa shape index (κ1) is 13.2. The van der Waals surface area contributed by atoms with Crippen LogP contribution in [0.4, 0.5) is 10.2 Å². The number of rotatable bonds is 4. The molecule has 0 saturated heterocycles. The summed E-state index contributed by atoms with van der Waals surface area (Å²) < 4.78 is 15.1. The first-order valence-corrected chi connectivity index (χ1v) is 6.56. The Balaban J connectivity index is 1.69. The first-order valence-electron chi connectivity index (χ1n) is 6.56. The van der Waals surface area contributed by atoms with Crippen LogP contribution < -0.4 is 5.32 Å².